The molecular weight excluding hydrogens is 207 g/mol. The summed E-state index contributed by atoms with van der Waals surface area (Å²) in [5, 5.41) is 0. The summed E-state index contributed by atoms with van der Waals surface area (Å²) in [4.78, 5) is 4.06. The van der Waals surface area contributed by atoms with Gasteiger partial charge in [-0.25, -0.2) is 9.37 Å². The van der Waals surface area contributed by atoms with Crippen molar-refractivity contribution in [1.29, 1.82) is 0 Å². The van der Waals surface area contributed by atoms with Crippen molar-refractivity contribution in [3.8, 4) is 11.3 Å². The van der Waals surface area contributed by atoms with E-state index in [0.717, 1.165) is 5.56 Å². The molecule has 1 aromatic carbocycles. The maximum Gasteiger partial charge on any atom is 0.211 e. The molecule has 2 rings (SSSR count). The molecule has 0 amide bonds. The fourth-order valence-corrected chi connectivity index (χ4v) is 1.43. The molecule has 1 atom stereocenters. The molecule has 0 aliphatic heterocycles. The standard InChI is InChI=1S/C12H13FN2O/c1-7-5-9(3-4-10(7)13)11-6-15-12(16-11)8(2)14/h3-6,8H,14H2,1-2H3. The molecule has 84 valence electrons. The highest BCUT2D eigenvalue weighted by Gasteiger charge is 2.10. The Kier molecular flexibility index (Phi) is 2.75. The van der Waals surface area contributed by atoms with E-state index in [4.69, 9.17) is 10.2 Å². The van der Waals surface area contributed by atoms with Crippen LogP contribution >= 0.6 is 0 Å². The fourth-order valence-electron chi connectivity index (χ4n) is 1.43. The van der Waals surface area contributed by atoms with Gasteiger partial charge in [-0.3, -0.25) is 0 Å². The molecule has 1 heterocycles. The van der Waals surface area contributed by atoms with Crippen LogP contribution in [0.1, 0.15) is 24.4 Å². The van der Waals surface area contributed by atoms with E-state index in [1.54, 1.807) is 32.2 Å². The first kappa shape index (κ1) is 10.8. The first-order valence-corrected chi connectivity index (χ1v) is 5.06. The molecule has 0 spiro atoms. The molecule has 0 radical (unpaired) electrons. The molecule has 0 bridgehead atoms. The molecule has 1 unspecified atom stereocenters. The number of halogens is 1. The van der Waals surface area contributed by atoms with Crippen LogP contribution in [0.25, 0.3) is 11.3 Å². The number of oxazole rings is 1. The van der Waals surface area contributed by atoms with Crippen LogP contribution in [0.15, 0.2) is 28.8 Å². The maximum atomic E-state index is 13.1. The molecule has 4 heteroatoms. The van der Waals surface area contributed by atoms with Crippen molar-refractivity contribution in [1.82, 2.24) is 4.98 Å². The minimum absolute atomic E-state index is 0.226. The van der Waals surface area contributed by atoms with Gasteiger partial charge in [0, 0.05) is 5.56 Å². The van der Waals surface area contributed by atoms with Crippen LogP contribution in [-0.2, 0) is 0 Å². The predicted molar refractivity (Wildman–Crippen MR) is 59.2 cm³/mol. The zero-order valence-electron chi connectivity index (χ0n) is 9.20. The highest BCUT2D eigenvalue weighted by molar-refractivity contribution is 5.57. The zero-order chi connectivity index (χ0) is 11.7. The van der Waals surface area contributed by atoms with Gasteiger partial charge in [-0.1, -0.05) is 0 Å². The van der Waals surface area contributed by atoms with E-state index in [1.165, 1.54) is 6.07 Å². The summed E-state index contributed by atoms with van der Waals surface area (Å²) in [7, 11) is 0. The fraction of sp³-hybridized carbons (Fsp3) is 0.250. The normalized spacial score (nSPS) is 12.8. The summed E-state index contributed by atoms with van der Waals surface area (Å²) < 4.78 is 18.5. The highest BCUT2D eigenvalue weighted by atomic mass is 19.1. The van der Waals surface area contributed by atoms with E-state index in [1.807, 2.05) is 0 Å². The summed E-state index contributed by atoms with van der Waals surface area (Å²) in [6.07, 6.45) is 1.60. The monoisotopic (exact) mass is 220 g/mol. The molecule has 0 saturated carbocycles. The quantitative estimate of drug-likeness (QED) is 0.846. The molecule has 0 aliphatic rings. The van der Waals surface area contributed by atoms with Gasteiger partial charge in [0.2, 0.25) is 5.89 Å². The van der Waals surface area contributed by atoms with Crippen molar-refractivity contribution in [2.75, 3.05) is 0 Å². The van der Waals surface area contributed by atoms with E-state index in [0.29, 0.717) is 17.2 Å². The summed E-state index contributed by atoms with van der Waals surface area (Å²) in [6, 6.07) is 4.56. The third kappa shape index (κ3) is 1.97. The van der Waals surface area contributed by atoms with Crippen LogP contribution in [0.2, 0.25) is 0 Å². The number of nitrogens with two attached hydrogens (primary N) is 1. The van der Waals surface area contributed by atoms with Crippen molar-refractivity contribution in [2.45, 2.75) is 19.9 Å². The van der Waals surface area contributed by atoms with Gasteiger partial charge < -0.3 is 10.2 Å². The van der Waals surface area contributed by atoms with Crippen LogP contribution in [0, 0.1) is 12.7 Å². The average molecular weight is 220 g/mol. The molecule has 0 saturated heterocycles. The van der Waals surface area contributed by atoms with Crippen molar-refractivity contribution in [3.05, 3.63) is 41.7 Å². The Morgan fingerprint density at radius 2 is 2.19 bits per heavy atom. The van der Waals surface area contributed by atoms with Gasteiger partial charge in [0.25, 0.3) is 0 Å². The van der Waals surface area contributed by atoms with Gasteiger partial charge in [-0.05, 0) is 37.6 Å². The number of rotatable bonds is 2. The van der Waals surface area contributed by atoms with E-state index in [2.05, 4.69) is 4.98 Å². The number of aromatic nitrogens is 1. The maximum absolute atomic E-state index is 13.1. The molecule has 2 N–H and O–H groups in total. The summed E-state index contributed by atoms with van der Waals surface area (Å²) in [5.41, 5.74) is 7.03. The lowest BCUT2D eigenvalue weighted by molar-refractivity contribution is 0.473. The first-order chi connectivity index (χ1) is 7.58. The Morgan fingerprint density at radius 3 is 2.75 bits per heavy atom. The number of benzene rings is 1. The van der Waals surface area contributed by atoms with E-state index < -0.39 is 0 Å². The molecule has 2 aromatic rings. The second-order valence-electron chi connectivity index (χ2n) is 3.82. The summed E-state index contributed by atoms with van der Waals surface area (Å²) in [5.74, 6) is 0.864. The van der Waals surface area contributed by atoms with E-state index in [9.17, 15) is 4.39 Å². The lowest BCUT2D eigenvalue weighted by atomic mass is 10.1. The Labute approximate surface area is 93.1 Å². The van der Waals surface area contributed by atoms with Crippen LogP contribution in [0.3, 0.4) is 0 Å². The van der Waals surface area contributed by atoms with Gasteiger partial charge in [-0.2, -0.15) is 0 Å². The van der Waals surface area contributed by atoms with E-state index in [-0.39, 0.29) is 11.9 Å². The largest absolute Gasteiger partial charge is 0.439 e. The molecule has 0 aliphatic carbocycles. The topological polar surface area (TPSA) is 52.0 Å². The van der Waals surface area contributed by atoms with Crippen LogP contribution in [-0.4, -0.2) is 4.98 Å². The van der Waals surface area contributed by atoms with Gasteiger partial charge in [0.05, 0.1) is 12.2 Å². The van der Waals surface area contributed by atoms with Crippen molar-refractivity contribution in [3.63, 3.8) is 0 Å². The summed E-state index contributed by atoms with van der Waals surface area (Å²) >= 11 is 0. The molecule has 0 fully saturated rings. The number of nitrogens with zero attached hydrogens (tertiary/aromatic N) is 1. The Morgan fingerprint density at radius 1 is 1.44 bits per heavy atom. The lowest BCUT2D eigenvalue weighted by Gasteiger charge is -2.00. The van der Waals surface area contributed by atoms with E-state index >= 15 is 0 Å². The highest BCUT2D eigenvalue weighted by Crippen LogP contribution is 2.24. The number of hydrogen-bond donors (Lipinski definition) is 1. The minimum Gasteiger partial charge on any atom is -0.439 e. The van der Waals surface area contributed by atoms with Crippen molar-refractivity contribution in [2.24, 2.45) is 5.73 Å². The van der Waals surface area contributed by atoms with Gasteiger partial charge >= 0.3 is 0 Å². The van der Waals surface area contributed by atoms with Crippen molar-refractivity contribution >= 4 is 0 Å². The number of hydrogen-bond acceptors (Lipinski definition) is 3. The van der Waals surface area contributed by atoms with Crippen LogP contribution in [0.4, 0.5) is 4.39 Å². The second-order valence-corrected chi connectivity index (χ2v) is 3.82. The van der Waals surface area contributed by atoms with Crippen LogP contribution in [0.5, 0.6) is 0 Å². The molecule has 16 heavy (non-hydrogen) atoms. The summed E-state index contributed by atoms with van der Waals surface area (Å²) in [6.45, 7) is 3.51. The van der Waals surface area contributed by atoms with Gasteiger partial charge in [-0.15, -0.1) is 0 Å². The predicted octanol–water partition coefficient (Wildman–Crippen LogP) is 2.81. The lowest BCUT2D eigenvalue weighted by Crippen LogP contribution is -2.04. The Balaban J connectivity index is 2.39. The Bertz CT molecular complexity index is 505. The smallest absolute Gasteiger partial charge is 0.211 e. The SMILES string of the molecule is Cc1cc(-c2cnc(C(C)N)o2)ccc1F. The molecule has 3 nitrogen and oxygen atoms in total. The molecule has 1 aromatic heterocycles. The molecular formula is C12H13FN2O. The van der Waals surface area contributed by atoms with Gasteiger partial charge in [0.15, 0.2) is 5.76 Å². The van der Waals surface area contributed by atoms with Crippen molar-refractivity contribution < 1.29 is 8.81 Å². The third-order valence-corrected chi connectivity index (χ3v) is 2.36. The van der Waals surface area contributed by atoms with Gasteiger partial charge in [0.1, 0.15) is 5.82 Å². The second kappa shape index (κ2) is 4.06. The number of aryl methyl sites for hydroxylation is 1. The minimum atomic E-state index is -0.240. The average Bonchev–Trinajstić information content (AvgIpc) is 2.71. The van der Waals surface area contributed by atoms with Crippen LogP contribution < -0.4 is 5.73 Å². The Hall–Kier alpha value is -1.68. The zero-order valence-corrected chi connectivity index (χ0v) is 9.20. The first-order valence-electron chi connectivity index (χ1n) is 5.06. The third-order valence-electron chi connectivity index (χ3n) is 2.36.